The molecule has 0 aromatic heterocycles. The molecule has 0 aliphatic carbocycles. The number of methoxy groups -OCH3 is 2. The minimum atomic E-state index is -4.20. The van der Waals surface area contributed by atoms with Gasteiger partial charge in [-0.25, -0.2) is 8.42 Å². The Morgan fingerprint density at radius 3 is 1.95 bits per heavy atom. The molecule has 0 saturated heterocycles. The molecule has 2 amide bonds. The second-order valence-electron chi connectivity index (χ2n) is 9.25. The topological polar surface area (TPSA) is 105 Å². The van der Waals surface area contributed by atoms with Gasteiger partial charge in [-0.2, -0.15) is 0 Å². The third-order valence-electron chi connectivity index (χ3n) is 6.49. The third-order valence-corrected chi connectivity index (χ3v) is 8.53. The number of rotatable bonds is 14. The Morgan fingerprint density at radius 2 is 1.44 bits per heavy atom. The van der Waals surface area contributed by atoms with Crippen molar-refractivity contribution in [2.45, 2.75) is 44.2 Å². The molecule has 0 unspecified atom stereocenters. The van der Waals surface area contributed by atoms with Crippen LogP contribution in [0.2, 0.25) is 5.02 Å². The number of benzene rings is 3. The molecule has 1 N–H and O–H groups in total. The lowest BCUT2D eigenvalue weighted by Gasteiger charge is -2.33. The summed E-state index contributed by atoms with van der Waals surface area (Å²) in [5, 5.41) is 3.29. The van der Waals surface area contributed by atoms with Crippen LogP contribution in [0.3, 0.4) is 0 Å². The Morgan fingerprint density at radius 1 is 0.878 bits per heavy atom. The number of hydrogen-bond acceptors (Lipinski definition) is 6. The van der Waals surface area contributed by atoms with Crippen molar-refractivity contribution in [3.05, 3.63) is 83.4 Å². The predicted octanol–water partition coefficient (Wildman–Crippen LogP) is 4.89. The number of anilines is 1. The number of nitrogens with zero attached hydrogens (tertiary/aromatic N) is 2. The number of carbonyl (C=O) groups excluding carboxylic acids is 2. The number of carbonyl (C=O) groups is 2. The monoisotopic (exact) mass is 601 g/mol. The van der Waals surface area contributed by atoms with Crippen LogP contribution in [0.15, 0.2) is 77.7 Å². The van der Waals surface area contributed by atoms with Gasteiger partial charge in [0.15, 0.2) is 0 Å². The second-order valence-corrected chi connectivity index (χ2v) is 11.5. The number of amides is 2. The first-order valence-corrected chi connectivity index (χ1v) is 15.1. The van der Waals surface area contributed by atoms with E-state index < -0.39 is 28.5 Å². The van der Waals surface area contributed by atoms with E-state index in [0.717, 1.165) is 16.3 Å². The summed E-state index contributed by atoms with van der Waals surface area (Å²) in [7, 11) is -1.15. The molecule has 0 spiro atoms. The molecule has 220 valence electrons. The Hall–Kier alpha value is -3.76. The van der Waals surface area contributed by atoms with Crippen molar-refractivity contribution in [3.8, 4) is 11.5 Å². The van der Waals surface area contributed by atoms with Gasteiger partial charge in [-0.15, -0.1) is 0 Å². The van der Waals surface area contributed by atoms with E-state index in [1.54, 1.807) is 43.5 Å². The first-order valence-electron chi connectivity index (χ1n) is 13.3. The molecule has 3 aromatic carbocycles. The summed E-state index contributed by atoms with van der Waals surface area (Å²) in [4.78, 5) is 28.6. The van der Waals surface area contributed by atoms with Gasteiger partial charge in [-0.3, -0.25) is 13.9 Å². The highest BCUT2D eigenvalue weighted by atomic mass is 35.5. The minimum Gasteiger partial charge on any atom is -0.497 e. The van der Waals surface area contributed by atoms with Gasteiger partial charge >= 0.3 is 0 Å². The average molecular weight is 602 g/mol. The summed E-state index contributed by atoms with van der Waals surface area (Å²) >= 11 is 6.08. The summed E-state index contributed by atoms with van der Waals surface area (Å²) in [5.74, 6) is 0.310. The van der Waals surface area contributed by atoms with Crippen molar-refractivity contribution < 1.29 is 27.5 Å². The molecule has 0 fully saturated rings. The van der Waals surface area contributed by atoms with E-state index >= 15 is 0 Å². The first-order chi connectivity index (χ1) is 19.6. The predicted molar refractivity (Wildman–Crippen MR) is 160 cm³/mol. The third kappa shape index (κ3) is 8.14. The summed E-state index contributed by atoms with van der Waals surface area (Å²) in [6, 6.07) is 18.4. The van der Waals surface area contributed by atoms with E-state index in [1.807, 2.05) is 13.8 Å². The van der Waals surface area contributed by atoms with Crippen LogP contribution in [-0.4, -0.2) is 58.5 Å². The Bertz CT molecular complexity index is 1400. The molecular formula is C30H36ClN3O6S. The van der Waals surface area contributed by atoms with Crippen molar-refractivity contribution in [3.63, 3.8) is 0 Å². The van der Waals surface area contributed by atoms with Gasteiger partial charge in [0.25, 0.3) is 10.0 Å². The molecule has 0 radical (unpaired) electrons. The summed E-state index contributed by atoms with van der Waals surface area (Å²) in [5.41, 5.74) is 1.02. The van der Waals surface area contributed by atoms with Crippen LogP contribution in [0, 0.1) is 0 Å². The fourth-order valence-corrected chi connectivity index (χ4v) is 5.76. The lowest BCUT2D eigenvalue weighted by Crippen LogP contribution is -2.52. The zero-order chi connectivity index (χ0) is 30.0. The smallest absolute Gasteiger partial charge is 0.264 e. The molecule has 0 saturated carbocycles. The van der Waals surface area contributed by atoms with Crippen LogP contribution in [0.25, 0.3) is 0 Å². The van der Waals surface area contributed by atoms with E-state index in [4.69, 9.17) is 21.1 Å². The van der Waals surface area contributed by atoms with Crippen molar-refractivity contribution >= 4 is 39.1 Å². The molecule has 0 aliphatic rings. The zero-order valence-electron chi connectivity index (χ0n) is 23.7. The van der Waals surface area contributed by atoms with Gasteiger partial charge in [0.2, 0.25) is 11.8 Å². The molecule has 11 heteroatoms. The Balaban J connectivity index is 2.04. The molecule has 41 heavy (non-hydrogen) atoms. The highest BCUT2D eigenvalue weighted by molar-refractivity contribution is 7.92. The summed E-state index contributed by atoms with van der Waals surface area (Å²) < 4.78 is 39.3. The van der Waals surface area contributed by atoms with Crippen LogP contribution in [0.4, 0.5) is 5.69 Å². The van der Waals surface area contributed by atoms with Crippen molar-refractivity contribution in [2.24, 2.45) is 0 Å². The SMILES string of the molecule is CCCNC(=O)[C@@H](CC)N(Cc1ccc(OC)cc1)C(=O)CN(c1ccc(Cl)cc1)S(=O)(=O)c1ccc(OC)cc1. The molecule has 0 bridgehead atoms. The number of sulfonamides is 1. The van der Waals surface area contributed by atoms with Crippen LogP contribution >= 0.6 is 11.6 Å². The quantitative estimate of drug-likeness (QED) is 0.282. The molecular weight excluding hydrogens is 566 g/mol. The normalized spacial score (nSPS) is 11.8. The van der Waals surface area contributed by atoms with E-state index in [2.05, 4.69) is 5.32 Å². The summed E-state index contributed by atoms with van der Waals surface area (Å²) in [6.45, 7) is 3.77. The highest BCUT2D eigenvalue weighted by Gasteiger charge is 2.33. The fraction of sp³-hybridized carbons (Fsp3) is 0.333. The number of hydrogen-bond donors (Lipinski definition) is 1. The Kier molecular flexibility index (Phi) is 11.4. The number of halogens is 1. The largest absolute Gasteiger partial charge is 0.497 e. The maximum Gasteiger partial charge on any atom is 0.264 e. The van der Waals surface area contributed by atoms with Crippen LogP contribution in [0.5, 0.6) is 11.5 Å². The Labute approximate surface area is 247 Å². The van der Waals surface area contributed by atoms with Crippen LogP contribution in [-0.2, 0) is 26.2 Å². The minimum absolute atomic E-state index is 0.0181. The van der Waals surface area contributed by atoms with Gasteiger partial charge in [0.1, 0.15) is 24.1 Å². The van der Waals surface area contributed by atoms with E-state index in [0.29, 0.717) is 29.5 Å². The van der Waals surface area contributed by atoms with Gasteiger partial charge in [0, 0.05) is 18.1 Å². The number of nitrogens with one attached hydrogen (secondary N) is 1. The molecule has 0 heterocycles. The van der Waals surface area contributed by atoms with Crippen molar-refractivity contribution in [1.29, 1.82) is 0 Å². The molecule has 9 nitrogen and oxygen atoms in total. The average Bonchev–Trinajstić information content (AvgIpc) is 2.99. The van der Waals surface area contributed by atoms with E-state index in [1.165, 1.54) is 48.4 Å². The molecule has 0 aliphatic heterocycles. The molecule has 3 rings (SSSR count). The maximum atomic E-state index is 14.0. The van der Waals surface area contributed by atoms with Gasteiger partial charge in [-0.05, 0) is 79.1 Å². The highest BCUT2D eigenvalue weighted by Crippen LogP contribution is 2.27. The van der Waals surface area contributed by atoms with Crippen LogP contribution in [0.1, 0.15) is 32.3 Å². The van der Waals surface area contributed by atoms with Crippen molar-refractivity contribution in [1.82, 2.24) is 10.2 Å². The van der Waals surface area contributed by atoms with Gasteiger partial charge in [0.05, 0.1) is 24.8 Å². The lowest BCUT2D eigenvalue weighted by molar-refractivity contribution is -0.140. The van der Waals surface area contributed by atoms with E-state index in [9.17, 15) is 18.0 Å². The molecule has 3 aromatic rings. The zero-order valence-corrected chi connectivity index (χ0v) is 25.2. The van der Waals surface area contributed by atoms with E-state index in [-0.39, 0.29) is 23.0 Å². The first kappa shape index (κ1) is 31.8. The lowest BCUT2D eigenvalue weighted by atomic mass is 10.1. The van der Waals surface area contributed by atoms with Gasteiger partial charge < -0.3 is 19.7 Å². The maximum absolute atomic E-state index is 14.0. The van der Waals surface area contributed by atoms with Crippen molar-refractivity contribution in [2.75, 3.05) is 31.6 Å². The second kappa shape index (κ2) is 14.7. The standard InChI is InChI=1S/C30H36ClN3O6S/c1-5-19-32-30(36)28(6-2)33(20-22-7-13-25(39-3)14-8-22)29(35)21-34(24-11-9-23(31)10-12-24)41(37,38)27-17-15-26(40-4)16-18-27/h7-18,28H,5-6,19-21H2,1-4H3,(H,32,36)/t28-/m1/s1. The molecule has 1 atom stereocenters. The summed E-state index contributed by atoms with van der Waals surface area (Å²) in [6.07, 6.45) is 1.07. The number of ether oxygens (including phenoxy) is 2. The fourth-order valence-electron chi connectivity index (χ4n) is 4.22. The van der Waals surface area contributed by atoms with Gasteiger partial charge in [-0.1, -0.05) is 37.6 Å². The van der Waals surface area contributed by atoms with Crippen LogP contribution < -0.4 is 19.1 Å².